The Labute approximate surface area is 220 Å². The molecule has 37 heavy (non-hydrogen) atoms. The van der Waals surface area contributed by atoms with E-state index in [0.29, 0.717) is 19.3 Å². The molecule has 4 rings (SSSR count). The van der Waals surface area contributed by atoms with Gasteiger partial charge in [0, 0.05) is 12.6 Å². The van der Waals surface area contributed by atoms with Crippen molar-refractivity contribution >= 4 is 17.7 Å². The molecule has 8 heteroatoms. The maximum absolute atomic E-state index is 14.2. The number of amides is 3. The molecular weight excluding hydrogens is 470 g/mol. The smallest absolute Gasteiger partial charge is 0.246 e. The van der Waals surface area contributed by atoms with Crippen molar-refractivity contribution in [3.8, 4) is 0 Å². The van der Waals surface area contributed by atoms with Crippen LogP contribution in [0.3, 0.4) is 0 Å². The van der Waals surface area contributed by atoms with Gasteiger partial charge in [0.2, 0.25) is 17.7 Å². The normalized spacial score (nSPS) is 31.8. The quantitative estimate of drug-likeness (QED) is 0.495. The average molecular weight is 514 g/mol. The number of ether oxygens (including phenoxy) is 1. The summed E-state index contributed by atoms with van der Waals surface area (Å²) in [6.45, 7) is 11.9. The lowest BCUT2D eigenvalue weighted by molar-refractivity contribution is -0.150. The van der Waals surface area contributed by atoms with Crippen molar-refractivity contribution in [1.29, 1.82) is 0 Å². The van der Waals surface area contributed by atoms with Crippen molar-refractivity contribution in [2.45, 2.75) is 96.1 Å². The standard InChI is InChI=1S/C29H43N3O5/c1-26(2,3)17-27(4,5)31-24(35)22-29-14-13-28(6,37-29)20(23(34)30-7)21(29)25(36)32(22)19(16-33)15-18-11-9-8-10-12-18/h8-12,19-22,33H,13-17H2,1-7H3,(H,30,34)(H,31,35)/t19-,20+,21+,22?,28-,29?/m1/s1. The number of hydrogen-bond acceptors (Lipinski definition) is 5. The molecule has 3 heterocycles. The minimum absolute atomic E-state index is 0.0240. The molecule has 3 aliphatic heterocycles. The third-order valence-corrected chi connectivity index (χ3v) is 8.34. The summed E-state index contributed by atoms with van der Waals surface area (Å²) in [4.78, 5) is 43.0. The summed E-state index contributed by atoms with van der Waals surface area (Å²) in [5, 5.41) is 16.4. The van der Waals surface area contributed by atoms with Gasteiger partial charge in [-0.1, -0.05) is 51.1 Å². The number of benzene rings is 1. The average Bonchev–Trinajstić information content (AvgIpc) is 3.36. The fourth-order valence-electron chi connectivity index (χ4n) is 7.52. The first-order chi connectivity index (χ1) is 17.2. The van der Waals surface area contributed by atoms with Gasteiger partial charge in [0.1, 0.15) is 11.6 Å². The van der Waals surface area contributed by atoms with E-state index in [1.807, 2.05) is 51.1 Å². The first kappa shape index (κ1) is 27.6. The third-order valence-electron chi connectivity index (χ3n) is 8.34. The van der Waals surface area contributed by atoms with Crippen molar-refractivity contribution in [2.24, 2.45) is 17.3 Å². The molecular formula is C29H43N3O5. The molecule has 0 radical (unpaired) electrons. The molecule has 2 bridgehead atoms. The number of nitrogens with zero attached hydrogens (tertiary/aromatic N) is 1. The highest BCUT2D eigenvalue weighted by Gasteiger charge is 2.78. The van der Waals surface area contributed by atoms with Crippen LogP contribution in [-0.2, 0) is 25.5 Å². The molecule has 0 aliphatic carbocycles. The van der Waals surface area contributed by atoms with Crippen LogP contribution in [0.4, 0.5) is 0 Å². The lowest BCUT2D eigenvalue weighted by Crippen LogP contribution is -2.61. The molecule has 1 aromatic carbocycles. The number of nitrogens with one attached hydrogen (secondary N) is 2. The number of likely N-dealkylation sites (tertiary alicyclic amines) is 1. The molecule has 3 aliphatic rings. The first-order valence-corrected chi connectivity index (χ1v) is 13.4. The molecule has 0 saturated carbocycles. The lowest BCUT2D eigenvalue weighted by Gasteiger charge is -2.40. The second-order valence-corrected chi connectivity index (χ2v) is 13.2. The largest absolute Gasteiger partial charge is 0.394 e. The molecule has 1 aromatic rings. The van der Waals surface area contributed by atoms with E-state index in [1.54, 1.807) is 11.9 Å². The second-order valence-electron chi connectivity index (χ2n) is 13.2. The van der Waals surface area contributed by atoms with Gasteiger partial charge in [0.25, 0.3) is 0 Å². The molecule has 1 spiro atoms. The van der Waals surface area contributed by atoms with E-state index < -0.39 is 40.7 Å². The monoisotopic (exact) mass is 513 g/mol. The SMILES string of the molecule is CNC(=O)[C@@H]1[C@H]2C(=O)N([C@@H](CO)Cc3ccccc3)C(C(=O)NC(C)(C)CC(C)(C)C)C23CC[C@@]1(C)O3. The Bertz CT molecular complexity index is 1050. The maximum Gasteiger partial charge on any atom is 0.246 e. The molecule has 0 aromatic heterocycles. The summed E-state index contributed by atoms with van der Waals surface area (Å²) >= 11 is 0. The zero-order valence-electron chi connectivity index (χ0n) is 23.3. The Balaban J connectivity index is 1.77. The molecule has 3 amide bonds. The minimum Gasteiger partial charge on any atom is -0.394 e. The van der Waals surface area contributed by atoms with E-state index in [4.69, 9.17) is 4.74 Å². The molecule has 3 saturated heterocycles. The highest BCUT2D eigenvalue weighted by atomic mass is 16.5. The Kier molecular flexibility index (Phi) is 6.99. The maximum atomic E-state index is 14.2. The summed E-state index contributed by atoms with van der Waals surface area (Å²) in [6, 6.07) is 8.06. The Morgan fingerprint density at radius 3 is 2.35 bits per heavy atom. The molecule has 3 N–H and O–H groups in total. The number of aliphatic hydroxyl groups excluding tert-OH is 1. The summed E-state index contributed by atoms with van der Waals surface area (Å²) in [5.74, 6) is -2.31. The van der Waals surface area contributed by atoms with E-state index in [1.165, 1.54) is 0 Å². The Morgan fingerprint density at radius 1 is 1.14 bits per heavy atom. The van der Waals surface area contributed by atoms with E-state index in [0.717, 1.165) is 12.0 Å². The number of rotatable bonds is 8. The van der Waals surface area contributed by atoms with Gasteiger partial charge in [0.15, 0.2) is 0 Å². The van der Waals surface area contributed by atoms with Crippen LogP contribution in [0.15, 0.2) is 30.3 Å². The van der Waals surface area contributed by atoms with Gasteiger partial charge in [-0.15, -0.1) is 0 Å². The van der Waals surface area contributed by atoms with Crippen molar-refractivity contribution < 1.29 is 24.2 Å². The van der Waals surface area contributed by atoms with Gasteiger partial charge in [0.05, 0.1) is 30.1 Å². The van der Waals surface area contributed by atoms with Gasteiger partial charge >= 0.3 is 0 Å². The van der Waals surface area contributed by atoms with E-state index in [-0.39, 0.29) is 29.7 Å². The minimum atomic E-state index is -1.12. The zero-order chi connectivity index (χ0) is 27.4. The van der Waals surface area contributed by atoms with Gasteiger partial charge in [-0.25, -0.2) is 0 Å². The molecule has 6 atom stereocenters. The van der Waals surface area contributed by atoms with E-state index in [2.05, 4.69) is 31.4 Å². The van der Waals surface area contributed by atoms with Crippen molar-refractivity contribution in [1.82, 2.24) is 15.5 Å². The van der Waals surface area contributed by atoms with Gasteiger partial charge in [-0.2, -0.15) is 0 Å². The fourth-order valence-corrected chi connectivity index (χ4v) is 7.52. The number of carbonyl (C=O) groups is 3. The molecule has 2 unspecified atom stereocenters. The predicted molar refractivity (Wildman–Crippen MR) is 140 cm³/mol. The van der Waals surface area contributed by atoms with Gasteiger partial charge < -0.3 is 25.4 Å². The zero-order valence-corrected chi connectivity index (χ0v) is 23.3. The van der Waals surface area contributed by atoms with E-state index in [9.17, 15) is 19.5 Å². The van der Waals surface area contributed by atoms with Crippen molar-refractivity contribution in [2.75, 3.05) is 13.7 Å². The van der Waals surface area contributed by atoms with Crippen LogP contribution in [0.2, 0.25) is 0 Å². The summed E-state index contributed by atoms with van der Waals surface area (Å²) in [6.07, 6.45) is 2.21. The number of hydrogen-bond donors (Lipinski definition) is 3. The summed E-state index contributed by atoms with van der Waals surface area (Å²) in [5.41, 5.74) is -1.54. The van der Waals surface area contributed by atoms with Crippen LogP contribution < -0.4 is 10.6 Å². The third kappa shape index (κ3) is 4.78. The topological polar surface area (TPSA) is 108 Å². The van der Waals surface area contributed by atoms with Crippen LogP contribution in [0.25, 0.3) is 0 Å². The van der Waals surface area contributed by atoms with Crippen LogP contribution >= 0.6 is 0 Å². The highest BCUT2D eigenvalue weighted by molar-refractivity contribution is 5.99. The summed E-state index contributed by atoms with van der Waals surface area (Å²) < 4.78 is 6.64. The Morgan fingerprint density at radius 2 is 1.78 bits per heavy atom. The van der Waals surface area contributed by atoms with Crippen molar-refractivity contribution in [3.63, 3.8) is 0 Å². The Hall–Kier alpha value is -2.45. The number of fused-ring (bicyclic) bond motifs is 1. The molecule has 204 valence electrons. The summed E-state index contributed by atoms with van der Waals surface area (Å²) in [7, 11) is 1.56. The lowest BCUT2D eigenvalue weighted by atomic mass is 9.66. The van der Waals surface area contributed by atoms with Crippen LogP contribution in [0, 0.1) is 17.3 Å². The first-order valence-electron chi connectivity index (χ1n) is 13.4. The van der Waals surface area contributed by atoms with E-state index >= 15 is 0 Å². The number of carbonyl (C=O) groups excluding carboxylic acids is 3. The predicted octanol–water partition coefficient (Wildman–Crippen LogP) is 2.43. The number of aliphatic hydroxyl groups is 1. The molecule has 3 fully saturated rings. The van der Waals surface area contributed by atoms with Crippen LogP contribution in [-0.4, -0.2) is 70.2 Å². The molecule has 8 nitrogen and oxygen atoms in total. The van der Waals surface area contributed by atoms with Gasteiger partial charge in [-0.3, -0.25) is 14.4 Å². The second kappa shape index (κ2) is 9.38. The van der Waals surface area contributed by atoms with Gasteiger partial charge in [-0.05, 0) is 57.4 Å². The van der Waals surface area contributed by atoms with Crippen LogP contribution in [0.1, 0.15) is 66.4 Å². The highest BCUT2D eigenvalue weighted by Crippen LogP contribution is 2.63. The van der Waals surface area contributed by atoms with Crippen LogP contribution in [0.5, 0.6) is 0 Å². The van der Waals surface area contributed by atoms with Crippen molar-refractivity contribution in [3.05, 3.63) is 35.9 Å². The fraction of sp³-hybridized carbons (Fsp3) is 0.690.